The second-order valence-corrected chi connectivity index (χ2v) is 7.75. The summed E-state index contributed by atoms with van der Waals surface area (Å²) < 4.78 is 1.55. The molecule has 7 heteroatoms. The lowest BCUT2D eigenvalue weighted by Crippen LogP contribution is -2.51. The lowest BCUT2D eigenvalue weighted by molar-refractivity contribution is -0.123. The van der Waals surface area contributed by atoms with Crippen LogP contribution in [0.1, 0.15) is 37.3 Å². The number of nitrogens with one attached hydrogen (secondary N) is 2. The van der Waals surface area contributed by atoms with Gasteiger partial charge in [-0.05, 0) is 31.2 Å². The maximum atomic E-state index is 12.9. The molecule has 2 aliphatic rings. The molecule has 7 nitrogen and oxygen atoms in total. The van der Waals surface area contributed by atoms with Crippen LogP contribution < -0.4 is 21.1 Å². The van der Waals surface area contributed by atoms with Crippen LogP contribution in [0.15, 0.2) is 47.5 Å². The largest absolute Gasteiger partial charge is 0.352 e. The first-order chi connectivity index (χ1) is 13.6. The Bertz CT molecular complexity index is 878. The van der Waals surface area contributed by atoms with E-state index in [0.29, 0.717) is 18.4 Å². The van der Waals surface area contributed by atoms with E-state index in [-0.39, 0.29) is 17.5 Å². The molecule has 0 radical (unpaired) electrons. The molecule has 148 valence electrons. The maximum absolute atomic E-state index is 12.9. The average Bonchev–Trinajstić information content (AvgIpc) is 3.53. The monoisotopic (exact) mass is 381 g/mol. The first-order valence-corrected chi connectivity index (χ1v) is 10.00. The van der Waals surface area contributed by atoms with Crippen LogP contribution >= 0.6 is 0 Å². The van der Waals surface area contributed by atoms with E-state index in [1.807, 2.05) is 35.2 Å². The fraction of sp³-hybridized carbons (Fsp3) is 0.476. The van der Waals surface area contributed by atoms with E-state index in [9.17, 15) is 9.59 Å². The van der Waals surface area contributed by atoms with Gasteiger partial charge < -0.3 is 14.8 Å². The Kier molecular flexibility index (Phi) is 5.43. The van der Waals surface area contributed by atoms with Crippen LogP contribution in [-0.4, -0.2) is 40.6 Å². The summed E-state index contributed by atoms with van der Waals surface area (Å²) in [5.41, 5.74) is 0.876. The minimum Gasteiger partial charge on any atom is -0.352 e. The molecule has 0 spiro atoms. The summed E-state index contributed by atoms with van der Waals surface area (Å²) >= 11 is 0. The van der Waals surface area contributed by atoms with Crippen molar-refractivity contribution in [1.29, 1.82) is 0 Å². The van der Waals surface area contributed by atoms with Crippen LogP contribution in [0.5, 0.6) is 0 Å². The van der Waals surface area contributed by atoms with Crippen molar-refractivity contribution in [3.05, 3.63) is 58.6 Å². The lowest BCUT2D eigenvalue weighted by Gasteiger charge is -2.35. The van der Waals surface area contributed by atoms with Gasteiger partial charge in [0, 0.05) is 44.6 Å². The van der Waals surface area contributed by atoms with Crippen LogP contribution in [0.4, 0.5) is 5.82 Å². The van der Waals surface area contributed by atoms with E-state index in [0.717, 1.165) is 37.8 Å². The maximum Gasteiger partial charge on any atom is 0.293 e. The SMILES string of the molecule is Cn1ccnc(N2CCC[C@H](N[C@H](C(=O)NC3CC3)c3ccccc3)C2)c1=O. The second-order valence-electron chi connectivity index (χ2n) is 7.75. The molecular weight excluding hydrogens is 354 g/mol. The van der Waals surface area contributed by atoms with Crippen LogP contribution in [0.2, 0.25) is 0 Å². The first-order valence-electron chi connectivity index (χ1n) is 10.00. The molecule has 0 unspecified atom stereocenters. The topological polar surface area (TPSA) is 79.3 Å². The molecule has 4 rings (SSSR count). The predicted molar refractivity (Wildman–Crippen MR) is 108 cm³/mol. The Labute approximate surface area is 164 Å². The number of aromatic nitrogens is 2. The summed E-state index contributed by atoms with van der Waals surface area (Å²) in [6.45, 7) is 1.46. The summed E-state index contributed by atoms with van der Waals surface area (Å²) in [7, 11) is 1.74. The van der Waals surface area contributed by atoms with Crippen LogP contribution in [-0.2, 0) is 11.8 Å². The summed E-state index contributed by atoms with van der Waals surface area (Å²) in [4.78, 5) is 31.6. The number of amides is 1. The van der Waals surface area contributed by atoms with Gasteiger partial charge in [-0.2, -0.15) is 0 Å². The zero-order chi connectivity index (χ0) is 19.5. The van der Waals surface area contributed by atoms with Gasteiger partial charge >= 0.3 is 0 Å². The quantitative estimate of drug-likeness (QED) is 0.790. The molecule has 0 bridgehead atoms. The highest BCUT2D eigenvalue weighted by Crippen LogP contribution is 2.23. The highest BCUT2D eigenvalue weighted by atomic mass is 16.2. The molecule has 1 saturated carbocycles. The van der Waals surface area contributed by atoms with E-state index in [2.05, 4.69) is 15.6 Å². The third kappa shape index (κ3) is 4.25. The Morgan fingerprint density at radius 1 is 1.18 bits per heavy atom. The average molecular weight is 381 g/mol. The molecule has 2 aromatic rings. The Morgan fingerprint density at radius 2 is 1.96 bits per heavy atom. The highest BCUT2D eigenvalue weighted by Gasteiger charge is 2.31. The van der Waals surface area contributed by atoms with Crippen LogP contribution in [0, 0.1) is 0 Å². The molecule has 1 amide bonds. The zero-order valence-electron chi connectivity index (χ0n) is 16.2. The number of aryl methyl sites for hydroxylation is 1. The predicted octanol–water partition coefficient (Wildman–Crippen LogP) is 1.36. The number of nitrogens with zero attached hydrogens (tertiary/aromatic N) is 3. The third-order valence-electron chi connectivity index (χ3n) is 5.44. The number of carbonyl (C=O) groups excluding carboxylic acids is 1. The number of benzene rings is 1. The number of piperidine rings is 1. The summed E-state index contributed by atoms with van der Waals surface area (Å²) in [5.74, 6) is 0.509. The van der Waals surface area contributed by atoms with Crippen molar-refractivity contribution in [3.63, 3.8) is 0 Å². The first kappa shape index (κ1) is 18.7. The molecule has 1 aliphatic heterocycles. The number of carbonyl (C=O) groups is 1. The molecule has 2 fully saturated rings. The van der Waals surface area contributed by atoms with E-state index in [4.69, 9.17) is 0 Å². The van der Waals surface area contributed by atoms with Gasteiger partial charge in [0.25, 0.3) is 5.56 Å². The normalized spacial score (nSPS) is 20.6. The standard InChI is InChI=1S/C21H27N5O2/c1-25-13-11-22-19(21(25)28)26-12-5-8-17(14-26)23-18(15-6-3-2-4-7-15)20(27)24-16-9-10-16/h2-4,6-7,11,13,16-18,23H,5,8-10,12,14H2,1H3,(H,24,27)/t17-,18-/m0/s1. The number of hydrogen-bond acceptors (Lipinski definition) is 5. The fourth-order valence-corrected chi connectivity index (χ4v) is 3.72. The molecule has 2 N–H and O–H groups in total. The summed E-state index contributed by atoms with van der Waals surface area (Å²) in [5, 5.41) is 6.67. The molecule has 2 atom stereocenters. The number of anilines is 1. The van der Waals surface area contributed by atoms with Crippen LogP contribution in [0.3, 0.4) is 0 Å². The molecule has 1 saturated heterocycles. The number of hydrogen-bond donors (Lipinski definition) is 2. The molecule has 1 aliphatic carbocycles. The van der Waals surface area contributed by atoms with E-state index in [1.54, 1.807) is 24.0 Å². The van der Waals surface area contributed by atoms with Crippen molar-refractivity contribution in [1.82, 2.24) is 20.2 Å². The van der Waals surface area contributed by atoms with E-state index in [1.165, 1.54) is 0 Å². The Hall–Kier alpha value is -2.67. The Balaban J connectivity index is 1.50. The van der Waals surface area contributed by atoms with Gasteiger partial charge in [-0.1, -0.05) is 30.3 Å². The smallest absolute Gasteiger partial charge is 0.293 e. The second kappa shape index (κ2) is 8.14. The lowest BCUT2D eigenvalue weighted by atomic mass is 10.0. The van der Waals surface area contributed by atoms with Gasteiger partial charge in [0.05, 0.1) is 0 Å². The molecule has 2 heterocycles. The van der Waals surface area contributed by atoms with Gasteiger partial charge in [0.1, 0.15) is 6.04 Å². The van der Waals surface area contributed by atoms with E-state index >= 15 is 0 Å². The molecular formula is C21H27N5O2. The third-order valence-corrected chi connectivity index (χ3v) is 5.44. The highest BCUT2D eigenvalue weighted by molar-refractivity contribution is 5.83. The minimum atomic E-state index is -0.390. The van der Waals surface area contributed by atoms with Crippen LogP contribution in [0.25, 0.3) is 0 Å². The van der Waals surface area contributed by atoms with Crippen molar-refractivity contribution in [2.75, 3.05) is 18.0 Å². The van der Waals surface area contributed by atoms with Crippen molar-refractivity contribution < 1.29 is 4.79 Å². The fourth-order valence-electron chi connectivity index (χ4n) is 3.72. The van der Waals surface area contributed by atoms with Gasteiger partial charge in [0.15, 0.2) is 5.82 Å². The van der Waals surface area contributed by atoms with Gasteiger partial charge in [0.2, 0.25) is 5.91 Å². The van der Waals surface area contributed by atoms with Crippen molar-refractivity contribution in [2.24, 2.45) is 7.05 Å². The zero-order valence-corrected chi connectivity index (χ0v) is 16.2. The van der Waals surface area contributed by atoms with Gasteiger partial charge in [-0.25, -0.2) is 4.98 Å². The van der Waals surface area contributed by atoms with Crippen molar-refractivity contribution in [2.45, 2.75) is 43.8 Å². The molecule has 1 aromatic carbocycles. The minimum absolute atomic E-state index is 0.0274. The van der Waals surface area contributed by atoms with Gasteiger partial charge in [-0.15, -0.1) is 0 Å². The van der Waals surface area contributed by atoms with Crippen molar-refractivity contribution >= 4 is 11.7 Å². The summed E-state index contributed by atoms with van der Waals surface area (Å²) in [6, 6.07) is 9.88. The molecule has 1 aromatic heterocycles. The number of rotatable bonds is 6. The van der Waals surface area contributed by atoms with E-state index < -0.39 is 6.04 Å². The summed E-state index contributed by atoms with van der Waals surface area (Å²) in [6.07, 6.45) is 7.36. The van der Waals surface area contributed by atoms with Gasteiger partial charge in [-0.3, -0.25) is 14.9 Å². The van der Waals surface area contributed by atoms with Crippen molar-refractivity contribution in [3.8, 4) is 0 Å². The molecule has 28 heavy (non-hydrogen) atoms. The Morgan fingerprint density at radius 3 is 2.71 bits per heavy atom.